The highest BCUT2D eigenvalue weighted by atomic mass is 35.5. The lowest BCUT2D eigenvalue weighted by Crippen LogP contribution is -2.61. The van der Waals surface area contributed by atoms with Crippen LogP contribution in [0.15, 0.2) is 42.5 Å². The summed E-state index contributed by atoms with van der Waals surface area (Å²) in [6.45, 7) is 4.29. The van der Waals surface area contributed by atoms with Crippen molar-refractivity contribution in [3.8, 4) is 5.75 Å². The molecule has 0 radical (unpaired) electrons. The molecule has 1 N–H and O–H groups in total. The number of carbonyl (C=O) groups is 2. The molecule has 2 aromatic carbocycles. The summed E-state index contributed by atoms with van der Waals surface area (Å²) in [5.74, 6) is 0.339. The average Bonchev–Trinajstić information content (AvgIpc) is 3.32. The maximum Gasteiger partial charge on any atom is 0.511 e. The molecule has 0 aromatic heterocycles. The summed E-state index contributed by atoms with van der Waals surface area (Å²) >= 11 is 6.59. The molecule has 1 saturated carbocycles. The summed E-state index contributed by atoms with van der Waals surface area (Å²) in [5.41, 5.74) is 2.73. The van der Waals surface area contributed by atoms with Crippen LogP contribution in [0.2, 0.25) is 5.02 Å². The lowest BCUT2D eigenvalue weighted by atomic mass is 9.85. The summed E-state index contributed by atoms with van der Waals surface area (Å²) in [5, 5.41) is 9.66. The highest BCUT2D eigenvalue weighted by molar-refractivity contribution is 6.33. The number of rotatable bonds is 5. The molecule has 0 bridgehead atoms. The maximum absolute atomic E-state index is 14.5. The Bertz CT molecular complexity index is 1170. The van der Waals surface area contributed by atoms with Gasteiger partial charge in [0, 0.05) is 57.0 Å². The van der Waals surface area contributed by atoms with E-state index in [0.29, 0.717) is 22.4 Å². The summed E-state index contributed by atoms with van der Waals surface area (Å²) in [7, 11) is 4.27. The third-order valence-corrected chi connectivity index (χ3v) is 9.32. The predicted octanol–water partition coefficient (Wildman–Crippen LogP) is 5.23. The van der Waals surface area contributed by atoms with E-state index in [0.717, 1.165) is 69.4 Å². The smallest absolute Gasteiger partial charge is 0.449 e. The van der Waals surface area contributed by atoms with Crippen molar-refractivity contribution in [1.82, 2.24) is 9.80 Å². The van der Waals surface area contributed by atoms with Gasteiger partial charge in [-0.05, 0) is 56.1 Å². The van der Waals surface area contributed by atoms with Gasteiger partial charge in [0.15, 0.2) is 0 Å². The molecule has 2 fully saturated rings. The van der Waals surface area contributed by atoms with Crippen LogP contribution >= 0.6 is 11.6 Å². The van der Waals surface area contributed by atoms with Crippen LogP contribution in [0.25, 0.3) is 0 Å². The molecule has 7 nitrogen and oxygen atoms in total. The first kappa shape index (κ1) is 26.2. The second kappa shape index (κ2) is 10.7. The number of amides is 1. The van der Waals surface area contributed by atoms with Crippen LogP contribution < -0.4 is 4.74 Å². The van der Waals surface area contributed by atoms with E-state index in [1.54, 1.807) is 12.1 Å². The monoisotopic (exact) mass is 526 g/mol. The average molecular weight is 527 g/mol. The number of quaternary nitrogens is 1. The first-order valence-corrected chi connectivity index (χ1v) is 13.8. The van der Waals surface area contributed by atoms with Crippen molar-refractivity contribution < 1.29 is 23.9 Å². The molecule has 37 heavy (non-hydrogen) atoms. The number of likely N-dealkylation sites (N-methyl/N-ethyl adjacent to an activating group) is 1. The SMILES string of the molecule is CN1CCN([C@@H]2CCC[C@H]([N+](C)(C(=O)c3ccccc3Cl)[C@@H]3CCc4ccc(OC(=O)O)cc43)C2)CC1. The summed E-state index contributed by atoms with van der Waals surface area (Å²) in [4.78, 5) is 30.7. The van der Waals surface area contributed by atoms with Crippen molar-refractivity contribution in [2.24, 2.45) is 0 Å². The third kappa shape index (κ3) is 5.15. The Labute approximate surface area is 224 Å². The summed E-state index contributed by atoms with van der Waals surface area (Å²) in [6, 6.07) is 13.4. The molecular formula is C29H37ClN3O4+. The van der Waals surface area contributed by atoms with Crippen LogP contribution in [-0.2, 0) is 6.42 Å². The van der Waals surface area contributed by atoms with E-state index in [9.17, 15) is 14.7 Å². The van der Waals surface area contributed by atoms with Crippen molar-refractivity contribution in [2.75, 3.05) is 40.3 Å². The minimum atomic E-state index is -1.33. The maximum atomic E-state index is 14.5. The van der Waals surface area contributed by atoms with Gasteiger partial charge in [-0.2, -0.15) is 0 Å². The Kier molecular flexibility index (Phi) is 7.59. The molecule has 1 saturated heterocycles. The van der Waals surface area contributed by atoms with Gasteiger partial charge in [-0.3, -0.25) is 4.90 Å². The van der Waals surface area contributed by atoms with Crippen LogP contribution in [0.3, 0.4) is 0 Å². The molecule has 3 aliphatic rings. The van der Waals surface area contributed by atoms with Crippen molar-refractivity contribution in [1.29, 1.82) is 0 Å². The van der Waals surface area contributed by atoms with Crippen LogP contribution in [0.5, 0.6) is 5.75 Å². The Balaban J connectivity index is 1.52. The molecule has 2 aliphatic carbocycles. The van der Waals surface area contributed by atoms with E-state index in [-0.39, 0.29) is 22.5 Å². The Morgan fingerprint density at radius 2 is 1.81 bits per heavy atom. The lowest BCUT2D eigenvalue weighted by Gasteiger charge is -2.49. The van der Waals surface area contributed by atoms with Crippen molar-refractivity contribution >= 4 is 23.7 Å². The molecule has 0 spiro atoms. The quantitative estimate of drug-likeness (QED) is 0.327. The standard InChI is InChI=1S/C29H36ClN3O4/c1-31-14-16-32(17-15-31)21-6-5-7-22(18-21)33(2,28(34)24-8-3-4-9-26(24)30)27-13-11-20-10-12-23(19-25(20)27)37-29(35)36/h3-4,8-10,12,19,21-22,27H,5-7,11,13-18H2,1-2H3/p+1/t21-,22+,27-,33?/m1/s1. The van der Waals surface area contributed by atoms with Gasteiger partial charge in [-0.1, -0.05) is 29.8 Å². The molecule has 2 aromatic rings. The number of piperazine rings is 1. The fourth-order valence-electron chi connectivity index (χ4n) is 6.88. The zero-order valence-electron chi connectivity index (χ0n) is 21.7. The summed E-state index contributed by atoms with van der Waals surface area (Å²) in [6.07, 6.45) is 4.55. The molecule has 1 heterocycles. The number of hydrogen-bond acceptors (Lipinski definition) is 5. The Morgan fingerprint density at radius 1 is 1.05 bits per heavy atom. The first-order chi connectivity index (χ1) is 17.8. The summed E-state index contributed by atoms with van der Waals surface area (Å²) < 4.78 is 5.26. The molecule has 1 unspecified atom stereocenters. The molecule has 8 heteroatoms. The number of carboxylic acid groups (broad SMARTS) is 1. The fraction of sp³-hybridized carbons (Fsp3) is 0.517. The molecule has 1 amide bonds. The first-order valence-electron chi connectivity index (χ1n) is 13.4. The Hall–Kier alpha value is -2.45. The van der Waals surface area contributed by atoms with E-state index in [1.165, 1.54) is 6.42 Å². The van der Waals surface area contributed by atoms with Gasteiger partial charge in [-0.25, -0.2) is 14.1 Å². The van der Waals surface area contributed by atoms with Crippen LogP contribution in [0.1, 0.15) is 59.6 Å². The number of aryl methyl sites for hydroxylation is 1. The number of fused-ring (bicyclic) bond motifs is 1. The molecule has 1 aliphatic heterocycles. The normalized spacial score (nSPS) is 26.3. The number of ether oxygens (including phenoxy) is 1. The predicted molar refractivity (Wildman–Crippen MR) is 143 cm³/mol. The van der Waals surface area contributed by atoms with Crippen molar-refractivity contribution in [2.45, 2.75) is 56.7 Å². The van der Waals surface area contributed by atoms with E-state index in [4.69, 9.17) is 16.3 Å². The van der Waals surface area contributed by atoms with Gasteiger partial charge in [0.05, 0.1) is 23.7 Å². The van der Waals surface area contributed by atoms with Gasteiger partial charge >= 0.3 is 12.1 Å². The number of hydrogen-bond donors (Lipinski definition) is 1. The van der Waals surface area contributed by atoms with Gasteiger partial charge in [0.1, 0.15) is 11.8 Å². The minimum Gasteiger partial charge on any atom is -0.449 e. The van der Waals surface area contributed by atoms with Crippen molar-refractivity contribution in [3.63, 3.8) is 0 Å². The zero-order chi connectivity index (χ0) is 26.2. The molecule has 4 atom stereocenters. The lowest BCUT2D eigenvalue weighted by molar-refractivity contribution is -0.888. The van der Waals surface area contributed by atoms with Crippen molar-refractivity contribution in [3.05, 3.63) is 64.2 Å². The highest BCUT2D eigenvalue weighted by Gasteiger charge is 2.52. The van der Waals surface area contributed by atoms with Gasteiger partial charge in [0.25, 0.3) is 0 Å². The number of nitrogens with zero attached hydrogens (tertiary/aromatic N) is 3. The topological polar surface area (TPSA) is 70.1 Å². The highest BCUT2D eigenvalue weighted by Crippen LogP contribution is 2.47. The molecule has 5 rings (SSSR count). The Morgan fingerprint density at radius 3 is 2.54 bits per heavy atom. The van der Waals surface area contributed by atoms with E-state index in [1.807, 2.05) is 30.3 Å². The largest absolute Gasteiger partial charge is 0.511 e. The zero-order valence-corrected chi connectivity index (χ0v) is 22.5. The fourth-order valence-corrected chi connectivity index (χ4v) is 7.10. The van der Waals surface area contributed by atoms with E-state index < -0.39 is 6.16 Å². The number of halogens is 1. The van der Waals surface area contributed by atoms with Crippen LogP contribution in [-0.4, -0.2) is 83.8 Å². The molecule has 198 valence electrons. The van der Waals surface area contributed by atoms with Gasteiger partial charge in [0.2, 0.25) is 0 Å². The van der Waals surface area contributed by atoms with Gasteiger partial charge in [-0.15, -0.1) is 0 Å². The number of benzene rings is 2. The van der Waals surface area contributed by atoms with Crippen LogP contribution in [0.4, 0.5) is 4.79 Å². The van der Waals surface area contributed by atoms with E-state index >= 15 is 0 Å². The second-order valence-corrected chi connectivity index (χ2v) is 11.4. The third-order valence-electron chi connectivity index (χ3n) is 8.99. The van der Waals surface area contributed by atoms with Crippen LogP contribution in [0, 0.1) is 0 Å². The number of carbonyl (C=O) groups excluding carboxylic acids is 1. The minimum absolute atomic E-state index is 0.0389. The second-order valence-electron chi connectivity index (χ2n) is 11.0. The molecular weight excluding hydrogens is 490 g/mol. The van der Waals surface area contributed by atoms with E-state index in [2.05, 4.69) is 23.9 Å². The van der Waals surface area contributed by atoms with Gasteiger partial charge < -0.3 is 14.7 Å².